The second-order valence-corrected chi connectivity index (χ2v) is 6.65. The van der Waals surface area contributed by atoms with Crippen molar-refractivity contribution in [1.29, 1.82) is 0 Å². The molecule has 25 heavy (non-hydrogen) atoms. The van der Waals surface area contributed by atoms with Gasteiger partial charge in [0.05, 0.1) is 23.2 Å². The lowest BCUT2D eigenvalue weighted by Gasteiger charge is -2.35. The molecular weight excluding hydrogens is 369 g/mol. The number of nitrogens with zero attached hydrogens (tertiary/aromatic N) is 2. The van der Waals surface area contributed by atoms with Crippen molar-refractivity contribution in [1.82, 2.24) is 15.1 Å². The molecule has 1 aromatic carbocycles. The minimum absolute atomic E-state index is 0.202. The van der Waals surface area contributed by atoms with Gasteiger partial charge < -0.3 is 15.0 Å². The summed E-state index contributed by atoms with van der Waals surface area (Å²) >= 11 is 12.0. The van der Waals surface area contributed by atoms with Crippen LogP contribution in [-0.4, -0.2) is 60.4 Å². The number of nitrogens with one attached hydrogen (secondary N) is 1. The van der Waals surface area contributed by atoms with Gasteiger partial charge in [-0.1, -0.05) is 29.3 Å². The van der Waals surface area contributed by atoms with Crippen molar-refractivity contribution in [2.45, 2.75) is 12.5 Å². The van der Waals surface area contributed by atoms with Crippen LogP contribution < -0.4 is 5.32 Å². The highest BCUT2D eigenvalue weighted by Crippen LogP contribution is 2.29. The smallest absolute Gasteiger partial charge is 0.324 e. The van der Waals surface area contributed by atoms with E-state index in [0.29, 0.717) is 36.3 Å². The van der Waals surface area contributed by atoms with Crippen LogP contribution in [0.3, 0.4) is 0 Å². The molecule has 0 radical (unpaired) electrons. The lowest BCUT2D eigenvalue weighted by Crippen LogP contribution is -2.54. The normalized spacial score (nSPS) is 21.3. The Labute approximate surface area is 154 Å². The average molecular weight is 386 g/mol. The molecule has 0 aliphatic carbocycles. The lowest BCUT2D eigenvalue weighted by molar-refractivity contribution is -0.143. The minimum Gasteiger partial charge on any atom is -0.370 e. The quantitative estimate of drug-likeness (QED) is 0.860. The van der Waals surface area contributed by atoms with E-state index in [1.54, 1.807) is 23.1 Å². The van der Waals surface area contributed by atoms with Gasteiger partial charge in [0.15, 0.2) is 0 Å². The van der Waals surface area contributed by atoms with Crippen LogP contribution in [0.2, 0.25) is 10.0 Å². The third kappa shape index (κ3) is 4.05. The Kier molecular flexibility index (Phi) is 5.46. The summed E-state index contributed by atoms with van der Waals surface area (Å²) in [7, 11) is 0. The second-order valence-electron chi connectivity index (χ2n) is 5.83. The molecule has 0 unspecified atom stereocenters. The SMILES string of the molecule is O=C(CN1C(=O)CCNC1=O)N1CCO[C@H](c2ccc(Cl)c(Cl)c2)C1. The molecule has 2 aliphatic heterocycles. The van der Waals surface area contributed by atoms with E-state index in [0.717, 1.165) is 10.5 Å². The van der Waals surface area contributed by atoms with Gasteiger partial charge in [0.2, 0.25) is 11.8 Å². The number of carbonyl (C=O) groups is 3. The fourth-order valence-electron chi connectivity index (χ4n) is 2.81. The molecule has 2 heterocycles. The lowest BCUT2D eigenvalue weighted by atomic mass is 10.1. The minimum atomic E-state index is -0.529. The molecule has 1 N–H and O–H groups in total. The summed E-state index contributed by atoms with van der Waals surface area (Å²) in [4.78, 5) is 38.6. The number of benzene rings is 1. The highest BCUT2D eigenvalue weighted by Gasteiger charge is 2.31. The number of ether oxygens (including phenoxy) is 1. The number of carbonyl (C=O) groups excluding carboxylic acids is 3. The Hall–Kier alpha value is -1.83. The van der Waals surface area contributed by atoms with E-state index in [4.69, 9.17) is 27.9 Å². The zero-order chi connectivity index (χ0) is 18.0. The molecule has 1 aromatic rings. The van der Waals surface area contributed by atoms with E-state index in [2.05, 4.69) is 5.32 Å². The van der Waals surface area contributed by atoms with Gasteiger partial charge in [-0.25, -0.2) is 4.79 Å². The Balaban J connectivity index is 1.66. The second kappa shape index (κ2) is 7.59. The van der Waals surface area contributed by atoms with E-state index in [1.807, 2.05) is 0 Å². The fourth-order valence-corrected chi connectivity index (χ4v) is 3.11. The molecular formula is C16H17Cl2N3O4. The standard InChI is InChI=1S/C16H17Cl2N3O4/c17-11-2-1-10(7-12(11)18)13-8-20(5-6-25-13)15(23)9-21-14(22)3-4-19-16(21)24/h1-2,7,13H,3-6,8-9H2,(H,19,24)/t13-/m0/s1. The van der Waals surface area contributed by atoms with Crippen molar-refractivity contribution in [3.8, 4) is 0 Å². The van der Waals surface area contributed by atoms with E-state index in [-0.39, 0.29) is 30.9 Å². The molecule has 9 heteroatoms. The number of hydrogen-bond donors (Lipinski definition) is 1. The van der Waals surface area contributed by atoms with E-state index in [1.165, 1.54) is 0 Å². The number of halogens is 2. The molecule has 0 bridgehead atoms. The molecule has 7 nitrogen and oxygen atoms in total. The van der Waals surface area contributed by atoms with Gasteiger partial charge in [-0.05, 0) is 17.7 Å². The molecule has 2 saturated heterocycles. The summed E-state index contributed by atoms with van der Waals surface area (Å²) in [6.07, 6.45) is -0.132. The highest BCUT2D eigenvalue weighted by molar-refractivity contribution is 6.42. The maximum absolute atomic E-state index is 12.5. The molecule has 0 spiro atoms. The van der Waals surface area contributed by atoms with E-state index in [9.17, 15) is 14.4 Å². The zero-order valence-corrected chi connectivity index (χ0v) is 14.8. The maximum Gasteiger partial charge on any atom is 0.324 e. The van der Waals surface area contributed by atoms with Crippen molar-refractivity contribution >= 4 is 41.0 Å². The molecule has 4 amide bonds. The van der Waals surface area contributed by atoms with Crippen LogP contribution in [0.1, 0.15) is 18.1 Å². The molecule has 3 rings (SSSR count). The molecule has 2 aliphatic rings. The van der Waals surface area contributed by atoms with Crippen LogP contribution >= 0.6 is 23.2 Å². The molecule has 0 saturated carbocycles. The summed E-state index contributed by atoms with van der Waals surface area (Å²) in [6, 6.07) is 4.66. The first-order chi connectivity index (χ1) is 12.0. The zero-order valence-electron chi connectivity index (χ0n) is 13.3. The first-order valence-corrected chi connectivity index (χ1v) is 8.64. The van der Waals surface area contributed by atoms with Crippen LogP contribution in [0.5, 0.6) is 0 Å². The largest absolute Gasteiger partial charge is 0.370 e. The van der Waals surface area contributed by atoms with Gasteiger partial charge in [0.1, 0.15) is 12.6 Å². The van der Waals surface area contributed by atoms with Gasteiger partial charge in [0.25, 0.3) is 0 Å². The van der Waals surface area contributed by atoms with E-state index >= 15 is 0 Å². The van der Waals surface area contributed by atoms with Crippen molar-refractivity contribution in [2.24, 2.45) is 0 Å². The first kappa shape index (κ1) is 18.0. The summed E-state index contributed by atoms with van der Waals surface area (Å²) in [5, 5.41) is 3.43. The summed E-state index contributed by atoms with van der Waals surface area (Å²) in [5.41, 5.74) is 0.818. The summed E-state index contributed by atoms with van der Waals surface area (Å²) in [5.74, 6) is -0.634. The summed E-state index contributed by atoms with van der Waals surface area (Å²) in [6.45, 7) is 1.12. The molecule has 0 aromatic heterocycles. The van der Waals surface area contributed by atoms with Gasteiger partial charge >= 0.3 is 6.03 Å². The Bertz CT molecular complexity index is 697. The van der Waals surface area contributed by atoms with Crippen molar-refractivity contribution < 1.29 is 19.1 Å². The predicted molar refractivity (Wildman–Crippen MR) is 91.5 cm³/mol. The van der Waals surface area contributed by atoms with Gasteiger partial charge in [-0.3, -0.25) is 14.5 Å². The fraction of sp³-hybridized carbons (Fsp3) is 0.438. The van der Waals surface area contributed by atoms with Crippen molar-refractivity contribution in [3.05, 3.63) is 33.8 Å². The number of morpholine rings is 1. The molecule has 1 atom stereocenters. The van der Waals surface area contributed by atoms with Crippen LogP contribution in [0.4, 0.5) is 4.79 Å². The van der Waals surface area contributed by atoms with Crippen molar-refractivity contribution in [3.63, 3.8) is 0 Å². The number of hydrogen-bond acceptors (Lipinski definition) is 4. The highest BCUT2D eigenvalue weighted by atomic mass is 35.5. The Morgan fingerprint density at radius 3 is 2.80 bits per heavy atom. The number of urea groups is 1. The average Bonchev–Trinajstić information content (AvgIpc) is 2.60. The Morgan fingerprint density at radius 2 is 2.08 bits per heavy atom. The van der Waals surface area contributed by atoms with Crippen LogP contribution in [0.25, 0.3) is 0 Å². The number of imide groups is 1. The maximum atomic E-state index is 12.5. The molecule has 2 fully saturated rings. The predicted octanol–water partition coefficient (Wildman–Crippen LogP) is 1.84. The van der Waals surface area contributed by atoms with Gasteiger partial charge in [-0.2, -0.15) is 0 Å². The van der Waals surface area contributed by atoms with Crippen LogP contribution in [0.15, 0.2) is 18.2 Å². The van der Waals surface area contributed by atoms with Gasteiger partial charge in [0, 0.05) is 19.5 Å². The number of rotatable bonds is 3. The van der Waals surface area contributed by atoms with Crippen LogP contribution in [-0.2, 0) is 14.3 Å². The first-order valence-electron chi connectivity index (χ1n) is 7.88. The van der Waals surface area contributed by atoms with Gasteiger partial charge in [-0.15, -0.1) is 0 Å². The topological polar surface area (TPSA) is 79.0 Å². The monoisotopic (exact) mass is 385 g/mol. The third-order valence-corrected chi connectivity index (χ3v) is 4.93. The van der Waals surface area contributed by atoms with Crippen molar-refractivity contribution in [2.75, 3.05) is 32.8 Å². The molecule has 134 valence electrons. The number of amides is 4. The Morgan fingerprint density at radius 1 is 1.28 bits per heavy atom. The third-order valence-electron chi connectivity index (χ3n) is 4.19. The van der Waals surface area contributed by atoms with E-state index < -0.39 is 6.03 Å². The van der Waals surface area contributed by atoms with Crippen LogP contribution in [0, 0.1) is 0 Å². The summed E-state index contributed by atoms with van der Waals surface area (Å²) < 4.78 is 5.72.